The quantitative estimate of drug-likeness (QED) is 0.885. The number of hydrogen-bond donors (Lipinski definition) is 1. The molecule has 2 rings (SSSR count). The van der Waals surface area contributed by atoms with Crippen LogP contribution in [0.25, 0.3) is 0 Å². The van der Waals surface area contributed by atoms with Crippen LogP contribution in [-0.4, -0.2) is 23.5 Å². The van der Waals surface area contributed by atoms with Gasteiger partial charge in [-0.3, -0.25) is 9.00 Å². The van der Waals surface area contributed by atoms with Gasteiger partial charge >= 0.3 is 0 Å². The third-order valence-electron chi connectivity index (χ3n) is 3.62. The van der Waals surface area contributed by atoms with Crippen LogP contribution in [0.1, 0.15) is 16.7 Å². The molecule has 23 heavy (non-hydrogen) atoms. The first-order chi connectivity index (χ1) is 11.0. The SMILES string of the molecule is COc1ccccc1CC(=O)Nc1cccc(CS(C)=O)c1C. The molecule has 122 valence electrons. The number of carbonyl (C=O) groups excluding carboxylic acids is 1. The van der Waals surface area contributed by atoms with E-state index in [2.05, 4.69) is 5.32 Å². The maximum atomic E-state index is 12.3. The standard InChI is InChI=1S/C18H21NO3S/c1-13-15(12-23(3)21)8-6-9-16(13)19-18(20)11-14-7-4-5-10-17(14)22-2/h4-10H,11-12H2,1-3H3,(H,19,20). The van der Waals surface area contributed by atoms with Crippen molar-refractivity contribution in [2.75, 3.05) is 18.7 Å². The molecule has 0 bridgehead atoms. The summed E-state index contributed by atoms with van der Waals surface area (Å²) < 4.78 is 16.7. The predicted octanol–water partition coefficient (Wildman–Crippen LogP) is 3.06. The molecule has 1 amide bonds. The second kappa shape index (κ2) is 7.92. The van der Waals surface area contributed by atoms with Gasteiger partial charge in [0.1, 0.15) is 5.75 Å². The highest BCUT2D eigenvalue weighted by Crippen LogP contribution is 2.22. The number of rotatable bonds is 6. The molecule has 0 fully saturated rings. The Morgan fingerprint density at radius 2 is 1.83 bits per heavy atom. The van der Waals surface area contributed by atoms with E-state index in [4.69, 9.17) is 4.74 Å². The lowest BCUT2D eigenvalue weighted by Gasteiger charge is -2.13. The Balaban J connectivity index is 2.13. The van der Waals surface area contributed by atoms with Gasteiger partial charge in [0.25, 0.3) is 0 Å². The monoisotopic (exact) mass is 331 g/mol. The Hall–Kier alpha value is -2.14. The molecule has 0 aliphatic rings. The van der Waals surface area contributed by atoms with Crippen molar-refractivity contribution in [1.29, 1.82) is 0 Å². The molecule has 0 aliphatic heterocycles. The first-order valence-electron chi connectivity index (χ1n) is 7.31. The Labute approximate surface area is 139 Å². The molecule has 1 atom stereocenters. The maximum absolute atomic E-state index is 12.3. The molecule has 5 heteroatoms. The van der Waals surface area contributed by atoms with Crippen LogP contribution in [0.2, 0.25) is 0 Å². The summed E-state index contributed by atoms with van der Waals surface area (Å²) >= 11 is 0. The van der Waals surface area contributed by atoms with Crippen molar-refractivity contribution in [2.24, 2.45) is 0 Å². The minimum Gasteiger partial charge on any atom is -0.496 e. The fourth-order valence-electron chi connectivity index (χ4n) is 2.41. The van der Waals surface area contributed by atoms with Gasteiger partial charge in [0, 0.05) is 34.1 Å². The molecule has 0 radical (unpaired) electrons. The minimum absolute atomic E-state index is 0.104. The van der Waals surface area contributed by atoms with E-state index in [-0.39, 0.29) is 12.3 Å². The minimum atomic E-state index is -0.913. The first kappa shape index (κ1) is 17.2. The zero-order valence-electron chi connectivity index (χ0n) is 13.6. The Morgan fingerprint density at radius 3 is 2.52 bits per heavy atom. The number of anilines is 1. The summed E-state index contributed by atoms with van der Waals surface area (Å²) in [5.41, 5.74) is 3.54. The van der Waals surface area contributed by atoms with Crippen LogP contribution in [-0.2, 0) is 27.8 Å². The Morgan fingerprint density at radius 1 is 1.13 bits per heavy atom. The van der Waals surface area contributed by atoms with Crippen LogP contribution in [0.3, 0.4) is 0 Å². The average molecular weight is 331 g/mol. The van der Waals surface area contributed by atoms with Crippen molar-refractivity contribution in [1.82, 2.24) is 0 Å². The van der Waals surface area contributed by atoms with Gasteiger partial charge in [-0.25, -0.2) is 0 Å². The fourth-order valence-corrected chi connectivity index (χ4v) is 3.16. The van der Waals surface area contributed by atoms with E-state index in [9.17, 15) is 9.00 Å². The van der Waals surface area contributed by atoms with Crippen molar-refractivity contribution in [3.8, 4) is 5.75 Å². The molecule has 0 aromatic heterocycles. The van der Waals surface area contributed by atoms with Gasteiger partial charge in [0.2, 0.25) is 5.91 Å². The molecular weight excluding hydrogens is 310 g/mol. The molecule has 1 unspecified atom stereocenters. The van der Waals surface area contributed by atoms with E-state index < -0.39 is 10.8 Å². The number of ether oxygens (including phenoxy) is 1. The van der Waals surface area contributed by atoms with Gasteiger partial charge < -0.3 is 10.1 Å². The number of amides is 1. The molecular formula is C18H21NO3S. The average Bonchev–Trinajstić information content (AvgIpc) is 2.51. The topological polar surface area (TPSA) is 55.4 Å². The van der Waals surface area contributed by atoms with Crippen LogP contribution >= 0.6 is 0 Å². The number of hydrogen-bond acceptors (Lipinski definition) is 3. The van der Waals surface area contributed by atoms with Crippen LogP contribution in [0, 0.1) is 6.92 Å². The number of para-hydroxylation sites is 1. The fraction of sp³-hybridized carbons (Fsp3) is 0.278. The Bertz CT molecular complexity index is 728. The van der Waals surface area contributed by atoms with E-state index in [0.29, 0.717) is 11.5 Å². The van der Waals surface area contributed by atoms with Crippen molar-refractivity contribution in [3.05, 3.63) is 59.2 Å². The highest BCUT2D eigenvalue weighted by molar-refractivity contribution is 7.83. The van der Waals surface area contributed by atoms with Gasteiger partial charge in [0.15, 0.2) is 0 Å². The van der Waals surface area contributed by atoms with Gasteiger partial charge in [-0.2, -0.15) is 0 Å². The molecule has 2 aromatic carbocycles. The van der Waals surface area contributed by atoms with E-state index >= 15 is 0 Å². The third-order valence-corrected chi connectivity index (χ3v) is 4.34. The third kappa shape index (κ3) is 4.66. The van der Waals surface area contributed by atoms with Crippen molar-refractivity contribution >= 4 is 22.4 Å². The van der Waals surface area contributed by atoms with Crippen molar-refractivity contribution in [2.45, 2.75) is 19.1 Å². The predicted molar refractivity (Wildman–Crippen MR) is 94.3 cm³/mol. The molecule has 0 aliphatic carbocycles. The lowest BCUT2D eigenvalue weighted by atomic mass is 10.1. The highest BCUT2D eigenvalue weighted by atomic mass is 32.2. The van der Waals surface area contributed by atoms with Crippen LogP contribution in [0.5, 0.6) is 5.75 Å². The van der Waals surface area contributed by atoms with Crippen molar-refractivity contribution < 1.29 is 13.7 Å². The van der Waals surface area contributed by atoms with E-state index in [1.54, 1.807) is 13.4 Å². The number of carbonyl (C=O) groups is 1. The van der Waals surface area contributed by atoms with Crippen LogP contribution in [0.15, 0.2) is 42.5 Å². The largest absolute Gasteiger partial charge is 0.496 e. The van der Waals surface area contributed by atoms with Gasteiger partial charge in [-0.05, 0) is 30.2 Å². The van der Waals surface area contributed by atoms with Crippen LogP contribution < -0.4 is 10.1 Å². The lowest BCUT2D eigenvalue weighted by molar-refractivity contribution is -0.115. The molecule has 0 saturated heterocycles. The summed E-state index contributed by atoms with van der Waals surface area (Å²) in [7, 11) is 0.680. The number of benzene rings is 2. The Kier molecular flexibility index (Phi) is 5.93. The van der Waals surface area contributed by atoms with E-state index in [1.165, 1.54) is 0 Å². The normalized spacial score (nSPS) is 11.8. The molecule has 1 N–H and O–H groups in total. The first-order valence-corrected chi connectivity index (χ1v) is 9.04. The summed E-state index contributed by atoms with van der Waals surface area (Å²) in [6.07, 6.45) is 1.92. The van der Waals surface area contributed by atoms with Crippen molar-refractivity contribution in [3.63, 3.8) is 0 Å². The number of nitrogens with one attached hydrogen (secondary N) is 1. The van der Waals surface area contributed by atoms with Gasteiger partial charge in [-0.1, -0.05) is 30.3 Å². The maximum Gasteiger partial charge on any atom is 0.228 e. The van der Waals surface area contributed by atoms with Gasteiger partial charge in [-0.15, -0.1) is 0 Å². The summed E-state index contributed by atoms with van der Waals surface area (Å²) in [5.74, 6) is 1.09. The summed E-state index contributed by atoms with van der Waals surface area (Å²) in [6.45, 7) is 1.93. The number of methoxy groups -OCH3 is 1. The second-order valence-electron chi connectivity index (χ2n) is 5.34. The summed E-state index contributed by atoms with van der Waals surface area (Å²) in [5, 5.41) is 2.93. The second-order valence-corrected chi connectivity index (χ2v) is 6.78. The smallest absolute Gasteiger partial charge is 0.228 e. The molecule has 0 heterocycles. The van der Waals surface area contributed by atoms with E-state index in [1.807, 2.05) is 49.4 Å². The molecule has 0 spiro atoms. The zero-order chi connectivity index (χ0) is 16.8. The summed E-state index contributed by atoms with van der Waals surface area (Å²) in [4.78, 5) is 12.3. The van der Waals surface area contributed by atoms with Gasteiger partial charge in [0.05, 0.1) is 13.5 Å². The lowest BCUT2D eigenvalue weighted by Crippen LogP contribution is -2.16. The highest BCUT2D eigenvalue weighted by Gasteiger charge is 2.11. The molecule has 4 nitrogen and oxygen atoms in total. The molecule has 2 aromatic rings. The zero-order valence-corrected chi connectivity index (χ0v) is 14.4. The summed E-state index contributed by atoms with van der Waals surface area (Å²) in [6, 6.07) is 13.1. The van der Waals surface area contributed by atoms with Crippen LogP contribution in [0.4, 0.5) is 5.69 Å². The molecule has 0 saturated carbocycles. The van der Waals surface area contributed by atoms with E-state index in [0.717, 1.165) is 22.4 Å².